The molecular weight excluding hydrogens is 416 g/mol. The average molecular weight is 437 g/mol. The highest BCUT2D eigenvalue weighted by Gasteiger charge is 2.42. The van der Waals surface area contributed by atoms with Gasteiger partial charge in [0, 0.05) is 5.69 Å². The van der Waals surface area contributed by atoms with Gasteiger partial charge < -0.3 is 10.1 Å². The Kier molecular flexibility index (Phi) is 5.86. The predicted molar refractivity (Wildman–Crippen MR) is 112 cm³/mol. The fraction of sp³-hybridized carbons (Fsp3) is 0.300. The molecule has 0 saturated carbocycles. The van der Waals surface area contributed by atoms with E-state index in [2.05, 4.69) is 5.32 Å². The number of hydrogen-bond acceptors (Lipinski definition) is 5. The van der Waals surface area contributed by atoms with Crippen LogP contribution in [0.1, 0.15) is 31.1 Å². The molecule has 1 N–H and O–H groups in total. The van der Waals surface area contributed by atoms with Crippen LogP contribution in [0, 0.1) is 5.92 Å². The first kappa shape index (κ1) is 21.1. The van der Waals surface area contributed by atoms with Crippen LogP contribution in [-0.2, 0) is 14.8 Å². The number of sulfonamides is 1. The van der Waals surface area contributed by atoms with Crippen molar-refractivity contribution in [2.45, 2.75) is 26.9 Å². The second kappa shape index (κ2) is 8.04. The molecular formula is C20H21ClN2O5S. The normalized spacial score (nSPS) is 18.2. The molecule has 1 aliphatic heterocycles. The summed E-state index contributed by atoms with van der Waals surface area (Å²) in [6, 6.07) is 11.0. The highest BCUT2D eigenvalue weighted by Crippen LogP contribution is 2.31. The van der Waals surface area contributed by atoms with Crippen LogP contribution < -0.4 is 14.4 Å². The summed E-state index contributed by atoms with van der Waals surface area (Å²) in [5, 5.41) is 2.77. The Morgan fingerprint density at radius 1 is 1.21 bits per heavy atom. The molecule has 2 amide bonds. The second-order valence-electron chi connectivity index (χ2n) is 7.09. The van der Waals surface area contributed by atoms with Crippen LogP contribution >= 0.6 is 11.6 Å². The van der Waals surface area contributed by atoms with E-state index in [-0.39, 0.29) is 28.1 Å². The quantitative estimate of drug-likeness (QED) is 0.771. The number of ether oxygens (including phenoxy) is 1. The topological polar surface area (TPSA) is 92.8 Å². The lowest BCUT2D eigenvalue weighted by molar-refractivity contribution is -0.119. The van der Waals surface area contributed by atoms with E-state index in [9.17, 15) is 18.0 Å². The van der Waals surface area contributed by atoms with Gasteiger partial charge in [0.1, 0.15) is 5.75 Å². The number of carbonyl (C=O) groups is 2. The molecule has 3 rings (SSSR count). The smallest absolute Gasteiger partial charge is 0.257 e. The van der Waals surface area contributed by atoms with E-state index in [1.54, 1.807) is 31.2 Å². The van der Waals surface area contributed by atoms with Crippen molar-refractivity contribution >= 4 is 44.8 Å². The van der Waals surface area contributed by atoms with Crippen LogP contribution in [0.2, 0.25) is 5.02 Å². The molecule has 9 heteroatoms. The first-order valence-corrected chi connectivity index (χ1v) is 11.0. The summed E-state index contributed by atoms with van der Waals surface area (Å²) in [5.74, 6) is -1.15. The molecule has 1 saturated heterocycles. The van der Waals surface area contributed by atoms with E-state index in [0.717, 1.165) is 4.31 Å². The van der Waals surface area contributed by atoms with Crippen molar-refractivity contribution in [2.24, 2.45) is 5.92 Å². The maximum atomic E-state index is 12.5. The number of nitrogens with one attached hydrogen (secondary N) is 1. The van der Waals surface area contributed by atoms with Gasteiger partial charge in [0.25, 0.3) is 5.91 Å². The van der Waals surface area contributed by atoms with Gasteiger partial charge in [0.15, 0.2) is 0 Å². The van der Waals surface area contributed by atoms with Crippen molar-refractivity contribution in [1.29, 1.82) is 0 Å². The molecule has 154 valence electrons. The van der Waals surface area contributed by atoms with Gasteiger partial charge in [-0.2, -0.15) is 0 Å². The summed E-state index contributed by atoms with van der Waals surface area (Å²) >= 11 is 6.22. The highest BCUT2D eigenvalue weighted by atomic mass is 35.5. The Hall–Kier alpha value is -2.58. The average Bonchev–Trinajstić information content (AvgIpc) is 2.83. The number of amides is 2. The highest BCUT2D eigenvalue weighted by molar-refractivity contribution is 7.94. The fourth-order valence-corrected chi connectivity index (χ4v) is 5.06. The molecule has 1 atom stereocenters. The summed E-state index contributed by atoms with van der Waals surface area (Å²) in [4.78, 5) is 24.7. The minimum Gasteiger partial charge on any atom is -0.491 e. The van der Waals surface area contributed by atoms with Crippen LogP contribution in [-0.4, -0.2) is 32.1 Å². The second-order valence-corrected chi connectivity index (χ2v) is 9.36. The maximum Gasteiger partial charge on any atom is 0.257 e. The van der Waals surface area contributed by atoms with Crippen molar-refractivity contribution < 1.29 is 22.7 Å². The summed E-state index contributed by atoms with van der Waals surface area (Å²) in [5.41, 5.74) is 0.837. The van der Waals surface area contributed by atoms with Crippen LogP contribution in [0.3, 0.4) is 0 Å². The molecule has 0 aromatic heterocycles. The summed E-state index contributed by atoms with van der Waals surface area (Å²) in [6.45, 7) is 5.40. The Bertz CT molecular complexity index is 1050. The third-order valence-corrected chi connectivity index (χ3v) is 6.46. The van der Waals surface area contributed by atoms with Gasteiger partial charge in [0.05, 0.1) is 34.0 Å². The number of carbonyl (C=O) groups excluding carboxylic acids is 2. The van der Waals surface area contributed by atoms with Crippen LogP contribution in [0.4, 0.5) is 11.4 Å². The van der Waals surface area contributed by atoms with Gasteiger partial charge in [-0.1, -0.05) is 18.5 Å². The number of halogens is 1. The van der Waals surface area contributed by atoms with Crippen LogP contribution in [0.5, 0.6) is 5.75 Å². The zero-order chi connectivity index (χ0) is 21.3. The third-order valence-electron chi connectivity index (χ3n) is 4.28. The van der Waals surface area contributed by atoms with Gasteiger partial charge in [-0.05, 0) is 56.3 Å². The van der Waals surface area contributed by atoms with E-state index < -0.39 is 27.8 Å². The Labute approximate surface area is 174 Å². The Morgan fingerprint density at radius 3 is 2.38 bits per heavy atom. The van der Waals surface area contributed by atoms with Gasteiger partial charge in [-0.25, -0.2) is 12.7 Å². The van der Waals surface area contributed by atoms with Gasteiger partial charge in [-0.15, -0.1) is 0 Å². The van der Waals surface area contributed by atoms with Gasteiger partial charge >= 0.3 is 0 Å². The molecule has 2 aromatic carbocycles. The standard InChI is InChI=1S/C20H21ClN2O5S/c1-12(2)28-16-7-4-14(5-8-16)22-19(24)17-9-6-15(10-18(17)21)23-20(25)13(3)11-29(23,26)27/h4-10,12-13H,11H2,1-3H3,(H,22,24). The largest absolute Gasteiger partial charge is 0.491 e. The van der Waals surface area contributed by atoms with E-state index >= 15 is 0 Å². The molecule has 1 aliphatic rings. The number of hydrogen-bond donors (Lipinski definition) is 1. The van der Waals surface area contributed by atoms with E-state index in [1.165, 1.54) is 18.2 Å². The molecule has 0 bridgehead atoms. The minimum absolute atomic E-state index is 0.0436. The molecule has 1 heterocycles. The molecule has 1 fully saturated rings. The zero-order valence-corrected chi connectivity index (χ0v) is 17.8. The third kappa shape index (κ3) is 4.54. The molecule has 0 spiro atoms. The number of nitrogens with zero attached hydrogens (tertiary/aromatic N) is 1. The van der Waals surface area contributed by atoms with Crippen LogP contribution in [0.15, 0.2) is 42.5 Å². The first-order valence-electron chi connectivity index (χ1n) is 9.03. The van der Waals surface area contributed by atoms with E-state index in [4.69, 9.17) is 16.3 Å². The zero-order valence-electron chi connectivity index (χ0n) is 16.2. The van der Waals surface area contributed by atoms with Crippen molar-refractivity contribution in [3.63, 3.8) is 0 Å². The van der Waals surface area contributed by atoms with Crippen molar-refractivity contribution in [2.75, 3.05) is 15.4 Å². The fourth-order valence-electron chi connectivity index (χ4n) is 2.99. The SMILES string of the molecule is CC(C)Oc1ccc(NC(=O)c2ccc(N3C(=O)C(C)CS3(=O)=O)cc2Cl)cc1. The summed E-state index contributed by atoms with van der Waals surface area (Å²) < 4.78 is 30.7. The lowest BCUT2D eigenvalue weighted by atomic mass is 10.1. The molecule has 0 aliphatic carbocycles. The maximum absolute atomic E-state index is 12.5. The Balaban J connectivity index is 1.78. The first-order chi connectivity index (χ1) is 13.6. The van der Waals surface area contributed by atoms with E-state index in [1.807, 2.05) is 13.8 Å². The minimum atomic E-state index is -3.74. The van der Waals surface area contributed by atoms with Crippen LogP contribution in [0.25, 0.3) is 0 Å². The van der Waals surface area contributed by atoms with Crippen molar-refractivity contribution in [3.8, 4) is 5.75 Å². The molecule has 2 aromatic rings. The van der Waals surface area contributed by atoms with Crippen molar-refractivity contribution in [3.05, 3.63) is 53.1 Å². The monoisotopic (exact) mass is 436 g/mol. The lowest BCUT2D eigenvalue weighted by Crippen LogP contribution is -2.30. The lowest BCUT2D eigenvalue weighted by Gasteiger charge is -2.16. The molecule has 0 radical (unpaired) electrons. The molecule has 1 unspecified atom stereocenters. The number of benzene rings is 2. The predicted octanol–water partition coefficient (Wildman–Crippen LogP) is 3.69. The van der Waals surface area contributed by atoms with E-state index in [0.29, 0.717) is 11.4 Å². The van der Waals surface area contributed by atoms with Gasteiger partial charge in [0.2, 0.25) is 15.9 Å². The number of rotatable bonds is 5. The summed E-state index contributed by atoms with van der Waals surface area (Å²) in [7, 11) is -3.74. The number of anilines is 2. The van der Waals surface area contributed by atoms with Gasteiger partial charge in [-0.3, -0.25) is 9.59 Å². The Morgan fingerprint density at radius 2 is 1.86 bits per heavy atom. The molecule has 29 heavy (non-hydrogen) atoms. The molecule has 7 nitrogen and oxygen atoms in total. The summed E-state index contributed by atoms with van der Waals surface area (Å²) in [6.07, 6.45) is 0.0436. The van der Waals surface area contributed by atoms with Crippen molar-refractivity contribution in [1.82, 2.24) is 0 Å².